The summed E-state index contributed by atoms with van der Waals surface area (Å²) in [6.45, 7) is 2.00. The number of carbonyl (C=O) groups excluding carboxylic acids is 1. The van der Waals surface area contributed by atoms with Crippen molar-refractivity contribution in [2.24, 2.45) is 4.99 Å². The summed E-state index contributed by atoms with van der Waals surface area (Å²) in [4.78, 5) is 17.2. The Balaban J connectivity index is 1.91. The second-order valence-corrected chi connectivity index (χ2v) is 5.48. The van der Waals surface area contributed by atoms with Gasteiger partial charge in [-0.05, 0) is 54.3 Å². The van der Waals surface area contributed by atoms with Gasteiger partial charge in [-0.2, -0.15) is 0 Å². The average molecular weight is 299 g/mol. The highest BCUT2D eigenvalue weighted by atomic mass is 32.1. The Morgan fingerprint density at radius 3 is 2.62 bits per heavy atom. The molecule has 1 aliphatic heterocycles. The van der Waals surface area contributed by atoms with E-state index in [0.29, 0.717) is 11.6 Å². The summed E-state index contributed by atoms with van der Waals surface area (Å²) in [5.74, 6) is 0.644. The van der Waals surface area contributed by atoms with E-state index in [1.807, 2.05) is 30.5 Å². The molecule has 0 radical (unpaired) electrons. The monoisotopic (exact) mass is 299 g/mol. The molecule has 1 aliphatic rings. The van der Waals surface area contributed by atoms with Crippen molar-refractivity contribution in [3.8, 4) is 5.75 Å². The Morgan fingerprint density at radius 1 is 1.24 bits per heavy atom. The summed E-state index contributed by atoms with van der Waals surface area (Å²) >= 11 is 1.57. The molecule has 21 heavy (non-hydrogen) atoms. The Hall–Kier alpha value is -2.40. The fraction of sp³-hybridized carbons (Fsp3) is 0.125. The molecule has 0 bridgehead atoms. The maximum atomic E-state index is 11.9. The molecule has 2 heterocycles. The van der Waals surface area contributed by atoms with Gasteiger partial charge in [-0.25, -0.2) is 9.79 Å². The van der Waals surface area contributed by atoms with E-state index in [4.69, 9.17) is 9.47 Å². The molecule has 0 N–H and O–H groups in total. The second-order valence-electron chi connectivity index (χ2n) is 4.53. The molecule has 0 saturated heterocycles. The van der Waals surface area contributed by atoms with E-state index in [1.165, 1.54) is 0 Å². The number of aliphatic imine (C=N–C) groups is 1. The maximum Gasteiger partial charge on any atom is 0.363 e. The van der Waals surface area contributed by atoms with Crippen LogP contribution in [0.15, 0.2) is 46.4 Å². The smallest absolute Gasteiger partial charge is 0.363 e. The van der Waals surface area contributed by atoms with Crippen molar-refractivity contribution >= 4 is 29.3 Å². The summed E-state index contributed by atoms with van der Waals surface area (Å²) in [5, 5.41) is 1.98. The third-order valence-electron chi connectivity index (χ3n) is 3.13. The van der Waals surface area contributed by atoms with Gasteiger partial charge in [0.1, 0.15) is 5.75 Å². The van der Waals surface area contributed by atoms with Crippen LogP contribution in [-0.4, -0.2) is 19.0 Å². The number of nitrogens with zero attached hydrogens (tertiary/aromatic N) is 1. The molecular weight excluding hydrogens is 286 g/mol. The molecule has 0 atom stereocenters. The minimum absolute atomic E-state index is 0.322. The van der Waals surface area contributed by atoms with Crippen molar-refractivity contribution < 1.29 is 14.3 Å². The van der Waals surface area contributed by atoms with Crippen LogP contribution in [0.3, 0.4) is 0 Å². The predicted molar refractivity (Wildman–Crippen MR) is 82.7 cm³/mol. The number of thiophene rings is 1. The zero-order valence-corrected chi connectivity index (χ0v) is 12.4. The first-order valence-corrected chi connectivity index (χ1v) is 7.26. The first-order valence-electron chi connectivity index (χ1n) is 6.38. The molecule has 5 heteroatoms. The fourth-order valence-corrected chi connectivity index (χ4v) is 2.78. The Bertz CT molecular complexity index is 741. The highest BCUT2D eigenvalue weighted by Gasteiger charge is 2.24. The van der Waals surface area contributed by atoms with Crippen LogP contribution in [-0.2, 0) is 9.53 Å². The number of aryl methyl sites for hydroxylation is 1. The van der Waals surface area contributed by atoms with Crippen LogP contribution in [0.25, 0.3) is 6.08 Å². The van der Waals surface area contributed by atoms with Crippen molar-refractivity contribution in [2.75, 3.05) is 7.11 Å². The summed E-state index contributed by atoms with van der Waals surface area (Å²) in [7, 11) is 1.60. The Morgan fingerprint density at radius 2 is 2.00 bits per heavy atom. The molecular formula is C16H13NO3S. The zero-order chi connectivity index (χ0) is 14.8. The summed E-state index contributed by atoms with van der Waals surface area (Å²) in [6.07, 6.45) is 1.76. The molecule has 1 aromatic carbocycles. The van der Waals surface area contributed by atoms with Crippen LogP contribution in [0.4, 0.5) is 0 Å². The van der Waals surface area contributed by atoms with Gasteiger partial charge in [0, 0.05) is 10.4 Å². The predicted octanol–water partition coefficient (Wildman–Crippen LogP) is 3.41. The number of carbonyl (C=O) groups is 1. The lowest BCUT2D eigenvalue weighted by Gasteiger charge is -2.01. The normalized spacial score (nSPS) is 16.0. The molecule has 1 aromatic heterocycles. The number of benzene rings is 1. The van der Waals surface area contributed by atoms with E-state index < -0.39 is 5.97 Å². The second kappa shape index (κ2) is 5.54. The van der Waals surface area contributed by atoms with Gasteiger partial charge < -0.3 is 9.47 Å². The molecule has 0 spiro atoms. The van der Waals surface area contributed by atoms with Gasteiger partial charge in [-0.3, -0.25) is 0 Å². The largest absolute Gasteiger partial charge is 0.497 e. The molecule has 2 aromatic rings. The van der Waals surface area contributed by atoms with Crippen molar-refractivity contribution in [2.45, 2.75) is 6.92 Å². The molecule has 0 aliphatic carbocycles. The fourth-order valence-electron chi connectivity index (χ4n) is 1.92. The van der Waals surface area contributed by atoms with Crippen molar-refractivity contribution in [3.05, 3.63) is 57.4 Å². The van der Waals surface area contributed by atoms with Gasteiger partial charge in [-0.1, -0.05) is 0 Å². The Labute approximate surface area is 126 Å². The Kier molecular flexibility index (Phi) is 3.58. The van der Waals surface area contributed by atoms with Gasteiger partial charge in [0.05, 0.1) is 7.11 Å². The lowest BCUT2D eigenvalue weighted by molar-refractivity contribution is -0.129. The van der Waals surface area contributed by atoms with E-state index in [2.05, 4.69) is 4.99 Å². The van der Waals surface area contributed by atoms with Crippen LogP contribution < -0.4 is 4.74 Å². The summed E-state index contributed by atoms with van der Waals surface area (Å²) in [5.41, 5.74) is 2.19. The minimum Gasteiger partial charge on any atom is -0.497 e. The van der Waals surface area contributed by atoms with Gasteiger partial charge in [0.25, 0.3) is 0 Å². The first kappa shape index (κ1) is 13.6. The van der Waals surface area contributed by atoms with E-state index >= 15 is 0 Å². The van der Waals surface area contributed by atoms with E-state index in [-0.39, 0.29) is 0 Å². The summed E-state index contributed by atoms with van der Waals surface area (Å²) in [6, 6.07) is 9.23. The number of ether oxygens (including phenoxy) is 2. The van der Waals surface area contributed by atoms with Gasteiger partial charge in [-0.15, -0.1) is 11.3 Å². The lowest BCUT2D eigenvalue weighted by Crippen LogP contribution is -2.05. The highest BCUT2D eigenvalue weighted by molar-refractivity contribution is 7.11. The molecule has 0 unspecified atom stereocenters. The molecule has 0 amide bonds. The number of methoxy groups -OCH3 is 1. The topological polar surface area (TPSA) is 47.9 Å². The zero-order valence-electron chi connectivity index (χ0n) is 11.6. The maximum absolute atomic E-state index is 11.9. The third kappa shape index (κ3) is 2.73. The van der Waals surface area contributed by atoms with Gasteiger partial charge >= 0.3 is 5.97 Å². The highest BCUT2D eigenvalue weighted by Crippen LogP contribution is 2.24. The first-order chi connectivity index (χ1) is 10.2. The van der Waals surface area contributed by atoms with Crippen LogP contribution in [0, 0.1) is 6.92 Å². The number of rotatable bonds is 3. The average Bonchev–Trinajstić information content (AvgIpc) is 3.07. The number of esters is 1. The SMILES string of the molecule is COc1ccc(C2=N/C(=C\c3sccc3C)C(=O)O2)cc1. The van der Waals surface area contributed by atoms with Crippen molar-refractivity contribution in [3.63, 3.8) is 0 Å². The quantitative estimate of drug-likeness (QED) is 0.644. The van der Waals surface area contributed by atoms with Crippen LogP contribution >= 0.6 is 11.3 Å². The van der Waals surface area contributed by atoms with Crippen LogP contribution in [0.5, 0.6) is 5.75 Å². The van der Waals surface area contributed by atoms with Crippen molar-refractivity contribution in [1.29, 1.82) is 0 Å². The molecule has 0 fully saturated rings. The number of cyclic esters (lactones) is 1. The minimum atomic E-state index is -0.423. The van der Waals surface area contributed by atoms with Gasteiger partial charge in [0.2, 0.25) is 5.90 Å². The van der Waals surface area contributed by atoms with E-state index in [9.17, 15) is 4.79 Å². The third-order valence-corrected chi connectivity index (χ3v) is 4.09. The van der Waals surface area contributed by atoms with E-state index in [0.717, 1.165) is 21.8 Å². The van der Waals surface area contributed by atoms with Crippen LogP contribution in [0.2, 0.25) is 0 Å². The van der Waals surface area contributed by atoms with Crippen LogP contribution in [0.1, 0.15) is 16.0 Å². The van der Waals surface area contributed by atoms with Gasteiger partial charge in [0.15, 0.2) is 5.70 Å². The molecule has 0 saturated carbocycles. The molecule has 3 rings (SSSR count). The summed E-state index contributed by atoms with van der Waals surface area (Å²) < 4.78 is 10.3. The number of hydrogen-bond donors (Lipinski definition) is 0. The lowest BCUT2D eigenvalue weighted by atomic mass is 10.2. The standard InChI is InChI=1S/C16H13NO3S/c1-10-7-8-21-14(10)9-13-16(18)20-15(17-13)11-3-5-12(19-2)6-4-11/h3-9H,1-2H3/b13-9-. The number of hydrogen-bond acceptors (Lipinski definition) is 5. The van der Waals surface area contributed by atoms with Crippen molar-refractivity contribution in [1.82, 2.24) is 0 Å². The van der Waals surface area contributed by atoms with E-state index in [1.54, 1.807) is 36.7 Å². The molecule has 4 nitrogen and oxygen atoms in total. The molecule has 106 valence electrons.